The number of fused-ring (bicyclic) bond motifs is 1. The molecule has 1 saturated carbocycles. The third-order valence-electron chi connectivity index (χ3n) is 7.57. The van der Waals surface area contributed by atoms with E-state index in [2.05, 4.69) is 16.3 Å². The van der Waals surface area contributed by atoms with Crippen molar-refractivity contribution in [2.75, 3.05) is 19.6 Å². The number of nitrogens with two attached hydrogens (primary N) is 1. The summed E-state index contributed by atoms with van der Waals surface area (Å²) in [6, 6.07) is 5.34. The minimum Gasteiger partial charge on any atom is -0.330 e. The quantitative estimate of drug-likeness (QED) is 0.741. The van der Waals surface area contributed by atoms with Crippen LogP contribution in [0, 0.1) is 11.3 Å². The number of carbonyl (C=O) groups excluding carboxylic acids is 3. The smallest absolute Gasteiger partial charge is 0.255 e. The van der Waals surface area contributed by atoms with Crippen molar-refractivity contribution in [3.05, 3.63) is 34.9 Å². The molecule has 5 rings (SSSR count). The van der Waals surface area contributed by atoms with Crippen molar-refractivity contribution in [1.29, 1.82) is 0 Å². The van der Waals surface area contributed by atoms with Gasteiger partial charge in [-0.3, -0.25) is 24.6 Å². The fourth-order valence-electron chi connectivity index (χ4n) is 5.57. The van der Waals surface area contributed by atoms with Gasteiger partial charge in [0, 0.05) is 25.1 Å². The van der Waals surface area contributed by atoms with E-state index in [9.17, 15) is 14.4 Å². The highest BCUT2D eigenvalue weighted by Crippen LogP contribution is 2.58. The van der Waals surface area contributed by atoms with Gasteiger partial charge in [-0.25, -0.2) is 0 Å². The molecule has 7 nitrogen and oxygen atoms in total. The molecule has 4 aliphatic rings. The number of nitrogens with zero attached hydrogens (tertiary/aromatic N) is 2. The molecule has 2 atom stereocenters. The summed E-state index contributed by atoms with van der Waals surface area (Å²) in [5, 5.41) is 2.37. The van der Waals surface area contributed by atoms with E-state index in [0.717, 1.165) is 31.7 Å². The fraction of sp³-hybridized carbons (Fsp3) is 0.591. The van der Waals surface area contributed by atoms with Crippen LogP contribution in [0.5, 0.6) is 0 Å². The van der Waals surface area contributed by atoms with Gasteiger partial charge in [0.05, 0.1) is 0 Å². The predicted molar refractivity (Wildman–Crippen MR) is 107 cm³/mol. The zero-order valence-corrected chi connectivity index (χ0v) is 16.7. The normalized spacial score (nSPS) is 28.6. The lowest BCUT2D eigenvalue weighted by atomic mass is 9.90. The molecule has 3 heterocycles. The van der Waals surface area contributed by atoms with Crippen LogP contribution >= 0.6 is 0 Å². The molecule has 2 unspecified atom stereocenters. The van der Waals surface area contributed by atoms with Gasteiger partial charge in [0.25, 0.3) is 5.91 Å². The van der Waals surface area contributed by atoms with Crippen LogP contribution in [0.15, 0.2) is 18.2 Å². The Morgan fingerprint density at radius 3 is 2.66 bits per heavy atom. The average Bonchev–Trinajstić information content (AvgIpc) is 3.30. The Bertz CT molecular complexity index is 875. The molecule has 3 amide bonds. The number of piperidine rings is 2. The van der Waals surface area contributed by atoms with E-state index in [4.69, 9.17) is 5.73 Å². The number of rotatable bonds is 4. The molecule has 0 bridgehead atoms. The predicted octanol–water partition coefficient (Wildman–Crippen LogP) is 1.01. The Morgan fingerprint density at radius 2 is 1.97 bits per heavy atom. The molecule has 3 N–H and O–H groups in total. The van der Waals surface area contributed by atoms with E-state index in [1.165, 1.54) is 24.8 Å². The number of hydrogen-bond acceptors (Lipinski definition) is 5. The maximum absolute atomic E-state index is 13.0. The largest absolute Gasteiger partial charge is 0.330 e. The molecule has 1 aliphatic carbocycles. The Balaban J connectivity index is 1.29. The number of likely N-dealkylation sites (tertiary alicyclic amines) is 1. The lowest BCUT2D eigenvalue weighted by Gasteiger charge is -2.33. The summed E-state index contributed by atoms with van der Waals surface area (Å²) in [6.45, 7) is 4.24. The van der Waals surface area contributed by atoms with Crippen LogP contribution < -0.4 is 11.1 Å². The first kappa shape index (κ1) is 18.8. The monoisotopic (exact) mass is 396 g/mol. The van der Waals surface area contributed by atoms with Crippen LogP contribution in [0.3, 0.4) is 0 Å². The maximum Gasteiger partial charge on any atom is 0.255 e. The van der Waals surface area contributed by atoms with Gasteiger partial charge in [-0.05, 0) is 73.8 Å². The highest BCUT2D eigenvalue weighted by atomic mass is 16.2. The Kier molecular flexibility index (Phi) is 4.47. The van der Waals surface area contributed by atoms with Crippen molar-refractivity contribution in [2.45, 2.75) is 51.2 Å². The summed E-state index contributed by atoms with van der Waals surface area (Å²) in [5.41, 5.74) is 9.28. The van der Waals surface area contributed by atoms with Gasteiger partial charge in [0.1, 0.15) is 6.04 Å². The number of nitrogens with one attached hydrogen (secondary N) is 1. The Labute approximate surface area is 170 Å². The summed E-state index contributed by atoms with van der Waals surface area (Å²) in [7, 11) is 0. The molecule has 3 aliphatic heterocycles. The van der Waals surface area contributed by atoms with Crippen LogP contribution in [-0.4, -0.2) is 53.2 Å². The van der Waals surface area contributed by atoms with Gasteiger partial charge in [0.2, 0.25) is 11.8 Å². The molecule has 0 aromatic heterocycles. The number of carbonyl (C=O) groups is 3. The lowest BCUT2D eigenvalue weighted by molar-refractivity contribution is -0.136. The summed E-state index contributed by atoms with van der Waals surface area (Å²) in [5.74, 6) is -0.00119. The molecular weight excluding hydrogens is 368 g/mol. The van der Waals surface area contributed by atoms with Crippen molar-refractivity contribution < 1.29 is 14.4 Å². The standard InChI is InChI=1S/C22H28N4O3/c23-11-15-10-22(15)6-8-25(9-7-22)12-14-2-1-3-16-17(14)13-26(21(16)29)18-4-5-19(27)24-20(18)28/h1-3,15,18H,4-13,23H2,(H,24,27,28). The van der Waals surface area contributed by atoms with Crippen molar-refractivity contribution in [2.24, 2.45) is 17.1 Å². The first-order valence-corrected chi connectivity index (χ1v) is 10.7. The molecule has 1 spiro atoms. The molecule has 1 aromatic rings. The van der Waals surface area contributed by atoms with E-state index in [0.29, 0.717) is 29.9 Å². The molecule has 2 saturated heterocycles. The second-order valence-corrected chi connectivity index (χ2v) is 9.12. The van der Waals surface area contributed by atoms with Gasteiger partial charge in [-0.15, -0.1) is 0 Å². The molecule has 154 valence electrons. The van der Waals surface area contributed by atoms with Gasteiger partial charge in [0.15, 0.2) is 0 Å². The number of hydrogen-bond donors (Lipinski definition) is 2. The van der Waals surface area contributed by atoms with Crippen LogP contribution in [-0.2, 0) is 22.7 Å². The van der Waals surface area contributed by atoms with E-state index in [1.54, 1.807) is 4.90 Å². The maximum atomic E-state index is 13.0. The van der Waals surface area contributed by atoms with Crippen LogP contribution in [0.2, 0.25) is 0 Å². The Hall–Kier alpha value is -2.25. The third-order valence-corrected chi connectivity index (χ3v) is 7.57. The van der Waals surface area contributed by atoms with E-state index in [-0.39, 0.29) is 24.1 Å². The highest BCUT2D eigenvalue weighted by Gasteiger charge is 2.53. The lowest BCUT2D eigenvalue weighted by Crippen LogP contribution is -2.52. The van der Waals surface area contributed by atoms with Crippen molar-refractivity contribution in [3.63, 3.8) is 0 Å². The van der Waals surface area contributed by atoms with Crippen molar-refractivity contribution in [1.82, 2.24) is 15.1 Å². The number of imide groups is 1. The van der Waals surface area contributed by atoms with E-state index in [1.807, 2.05) is 12.1 Å². The van der Waals surface area contributed by atoms with Crippen molar-refractivity contribution in [3.8, 4) is 0 Å². The summed E-state index contributed by atoms with van der Waals surface area (Å²) < 4.78 is 0. The first-order valence-electron chi connectivity index (χ1n) is 10.7. The van der Waals surface area contributed by atoms with Gasteiger partial charge in [-0.2, -0.15) is 0 Å². The summed E-state index contributed by atoms with van der Waals surface area (Å²) in [6.07, 6.45) is 4.39. The minimum absolute atomic E-state index is 0.0993. The molecule has 7 heteroatoms. The highest BCUT2D eigenvalue weighted by molar-refractivity contribution is 6.05. The molecule has 0 radical (unpaired) electrons. The van der Waals surface area contributed by atoms with Crippen molar-refractivity contribution >= 4 is 17.7 Å². The summed E-state index contributed by atoms with van der Waals surface area (Å²) in [4.78, 5) is 40.8. The second-order valence-electron chi connectivity index (χ2n) is 9.12. The van der Waals surface area contributed by atoms with E-state index < -0.39 is 6.04 Å². The van der Waals surface area contributed by atoms with Gasteiger partial charge >= 0.3 is 0 Å². The molecule has 29 heavy (non-hydrogen) atoms. The third kappa shape index (κ3) is 3.16. The van der Waals surface area contributed by atoms with Crippen LogP contribution in [0.25, 0.3) is 0 Å². The average molecular weight is 396 g/mol. The summed E-state index contributed by atoms with van der Waals surface area (Å²) >= 11 is 0. The second kappa shape index (κ2) is 6.92. The number of amides is 3. The van der Waals surface area contributed by atoms with Gasteiger partial charge < -0.3 is 10.6 Å². The molecule has 1 aromatic carbocycles. The molecule has 3 fully saturated rings. The van der Waals surface area contributed by atoms with E-state index >= 15 is 0 Å². The molecular formula is C22H28N4O3. The number of benzene rings is 1. The fourth-order valence-corrected chi connectivity index (χ4v) is 5.57. The zero-order chi connectivity index (χ0) is 20.2. The zero-order valence-electron chi connectivity index (χ0n) is 16.7. The minimum atomic E-state index is -0.557. The first-order chi connectivity index (χ1) is 14.0. The SMILES string of the molecule is NCC1CC12CCN(Cc1cccc3c1CN(C1CCC(=O)NC1=O)C3=O)CC2. The van der Waals surface area contributed by atoms with Gasteiger partial charge in [-0.1, -0.05) is 12.1 Å². The Morgan fingerprint density at radius 1 is 1.17 bits per heavy atom. The topological polar surface area (TPSA) is 95.7 Å². The van der Waals surface area contributed by atoms with Crippen LogP contribution in [0.4, 0.5) is 0 Å². The van der Waals surface area contributed by atoms with Crippen LogP contribution in [0.1, 0.15) is 53.6 Å².